The molecule has 0 aliphatic heterocycles. The SMILES string of the molecule is COc1ccc(N(CC(C)=O)CC(=O)N(C)C)cc1. The van der Waals surface area contributed by atoms with Gasteiger partial charge in [-0.1, -0.05) is 0 Å². The Morgan fingerprint density at radius 2 is 1.68 bits per heavy atom. The standard InChI is InChI=1S/C14H20N2O3/c1-11(17)9-16(10-14(18)15(2)3)12-5-7-13(19-4)8-6-12/h5-8H,9-10H2,1-4H3. The minimum Gasteiger partial charge on any atom is -0.497 e. The minimum absolute atomic E-state index is 0.0161. The number of nitrogens with zero attached hydrogens (tertiary/aromatic N) is 2. The van der Waals surface area contributed by atoms with Crippen LogP contribution in [0.2, 0.25) is 0 Å². The largest absolute Gasteiger partial charge is 0.497 e. The number of ether oxygens (including phenoxy) is 1. The van der Waals surface area contributed by atoms with Gasteiger partial charge in [-0.25, -0.2) is 0 Å². The van der Waals surface area contributed by atoms with Crippen molar-refractivity contribution in [3.05, 3.63) is 24.3 Å². The number of hydrogen-bond acceptors (Lipinski definition) is 4. The zero-order valence-electron chi connectivity index (χ0n) is 11.8. The van der Waals surface area contributed by atoms with Crippen LogP contribution in [0.15, 0.2) is 24.3 Å². The first kappa shape index (κ1) is 15.0. The van der Waals surface area contributed by atoms with Gasteiger partial charge in [0.15, 0.2) is 0 Å². The maximum Gasteiger partial charge on any atom is 0.241 e. The zero-order valence-corrected chi connectivity index (χ0v) is 11.8. The maximum absolute atomic E-state index is 11.8. The lowest BCUT2D eigenvalue weighted by Gasteiger charge is -2.24. The highest BCUT2D eigenvalue weighted by molar-refractivity contribution is 5.86. The van der Waals surface area contributed by atoms with Crippen molar-refractivity contribution in [2.75, 3.05) is 39.2 Å². The van der Waals surface area contributed by atoms with Gasteiger partial charge < -0.3 is 14.5 Å². The molecule has 0 radical (unpaired) electrons. The molecule has 0 heterocycles. The van der Waals surface area contributed by atoms with Crippen LogP contribution < -0.4 is 9.64 Å². The Balaban J connectivity index is 2.88. The highest BCUT2D eigenvalue weighted by atomic mass is 16.5. The number of amides is 1. The lowest BCUT2D eigenvalue weighted by molar-refractivity contribution is -0.127. The van der Waals surface area contributed by atoms with Gasteiger partial charge in [0.1, 0.15) is 11.5 Å². The van der Waals surface area contributed by atoms with E-state index in [-0.39, 0.29) is 24.8 Å². The van der Waals surface area contributed by atoms with E-state index >= 15 is 0 Å². The fourth-order valence-corrected chi connectivity index (χ4v) is 1.60. The quantitative estimate of drug-likeness (QED) is 0.774. The molecule has 0 spiro atoms. The van der Waals surface area contributed by atoms with Crippen LogP contribution in [0.4, 0.5) is 5.69 Å². The van der Waals surface area contributed by atoms with Gasteiger partial charge in [-0.15, -0.1) is 0 Å². The van der Waals surface area contributed by atoms with Crippen molar-refractivity contribution in [3.8, 4) is 5.75 Å². The molecule has 0 saturated carbocycles. The average molecular weight is 264 g/mol. The third-order valence-corrected chi connectivity index (χ3v) is 2.68. The van der Waals surface area contributed by atoms with E-state index in [1.807, 2.05) is 24.3 Å². The lowest BCUT2D eigenvalue weighted by Crippen LogP contribution is -2.39. The molecule has 0 N–H and O–H groups in total. The molecule has 0 aliphatic carbocycles. The van der Waals surface area contributed by atoms with Gasteiger partial charge >= 0.3 is 0 Å². The van der Waals surface area contributed by atoms with E-state index in [0.717, 1.165) is 11.4 Å². The second-order valence-corrected chi connectivity index (χ2v) is 4.54. The van der Waals surface area contributed by atoms with Crippen LogP contribution in [0.3, 0.4) is 0 Å². The van der Waals surface area contributed by atoms with Gasteiger partial charge in [-0.05, 0) is 31.2 Å². The van der Waals surface area contributed by atoms with Crippen molar-refractivity contribution in [1.29, 1.82) is 0 Å². The second kappa shape index (κ2) is 6.78. The Bertz CT molecular complexity index is 441. The van der Waals surface area contributed by atoms with Gasteiger partial charge in [-0.2, -0.15) is 0 Å². The Morgan fingerprint density at radius 1 is 1.11 bits per heavy atom. The van der Waals surface area contributed by atoms with Crippen LogP contribution in [-0.4, -0.2) is 50.9 Å². The van der Waals surface area contributed by atoms with Gasteiger partial charge in [0.2, 0.25) is 5.91 Å². The summed E-state index contributed by atoms with van der Waals surface area (Å²) < 4.78 is 5.09. The number of anilines is 1. The first-order chi connectivity index (χ1) is 8.93. The fourth-order valence-electron chi connectivity index (χ4n) is 1.60. The van der Waals surface area contributed by atoms with Crippen molar-refractivity contribution >= 4 is 17.4 Å². The molecule has 5 nitrogen and oxygen atoms in total. The van der Waals surface area contributed by atoms with Crippen molar-refractivity contribution in [3.63, 3.8) is 0 Å². The van der Waals surface area contributed by atoms with E-state index in [1.54, 1.807) is 26.1 Å². The molecule has 104 valence electrons. The van der Waals surface area contributed by atoms with E-state index in [0.29, 0.717) is 0 Å². The average Bonchev–Trinajstić information content (AvgIpc) is 2.37. The van der Waals surface area contributed by atoms with Gasteiger partial charge in [-0.3, -0.25) is 9.59 Å². The highest BCUT2D eigenvalue weighted by Gasteiger charge is 2.14. The smallest absolute Gasteiger partial charge is 0.241 e. The number of ketones is 1. The molecule has 5 heteroatoms. The van der Waals surface area contributed by atoms with Crippen molar-refractivity contribution in [2.45, 2.75) is 6.92 Å². The van der Waals surface area contributed by atoms with Crippen molar-refractivity contribution in [2.24, 2.45) is 0 Å². The lowest BCUT2D eigenvalue weighted by atomic mass is 10.2. The highest BCUT2D eigenvalue weighted by Crippen LogP contribution is 2.19. The molecule has 1 aromatic rings. The summed E-state index contributed by atoms with van der Waals surface area (Å²) >= 11 is 0. The van der Waals surface area contributed by atoms with Crippen LogP contribution in [0, 0.1) is 0 Å². The molecule has 0 aliphatic rings. The summed E-state index contributed by atoms with van der Waals surface area (Å²) in [5.41, 5.74) is 0.825. The van der Waals surface area contributed by atoms with E-state index in [2.05, 4.69) is 0 Å². The number of rotatable bonds is 6. The van der Waals surface area contributed by atoms with Gasteiger partial charge in [0.25, 0.3) is 0 Å². The maximum atomic E-state index is 11.8. The number of Topliss-reactive ketones (excluding diaryl/α,β-unsaturated/α-hetero) is 1. The molecule has 0 saturated heterocycles. The topological polar surface area (TPSA) is 49.9 Å². The van der Waals surface area contributed by atoms with Crippen LogP contribution in [0.25, 0.3) is 0 Å². The van der Waals surface area contributed by atoms with Crippen LogP contribution in [-0.2, 0) is 9.59 Å². The Kier molecular flexibility index (Phi) is 5.36. The fraction of sp³-hybridized carbons (Fsp3) is 0.429. The molecule has 1 amide bonds. The minimum atomic E-state index is -0.0444. The number of hydrogen-bond donors (Lipinski definition) is 0. The van der Waals surface area contributed by atoms with Crippen molar-refractivity contribution in [1.82, 2.24) is 4.90 Å². The summed E-state index contributed by atoms with van der Waals surface area (Å²) in [6, 6.07) is 7.29. The first-order valence-electron chi connectivity index (χ1n) is 6.02. The number of likely N-dealkylation sites (N-methyl/N-ethyl adjacent to an activating group) is 1. The van der Waals surface area contributed by atoms with Crippen LogP contribution in [0.5, 0.6) is 5.75 Å². The summed E-state index contributed by atoms with van der Waals surface area (Å²) in [4.78, 5) is 26.4. The summed E-state index contributed by atoms with van der Waals surface area (Å²) in [6.07, 6.45) is 0. The molecule has 0 fully saturated rings. The number of benzene rings is 1. The molecule has 0 aromatic heterocycles. The van der Waals surface area contributed by atoms with Gasteiger partial charge in [0.05, 0.1) is 20.2 Å². The van der Waals surface area contributed by atoms with Crippen LogP contribution >= 0.6 is 0 Å². The number of methoxy groups -OCH3 is 1. The predicted octanol–water partition coefficient (Wildman–Crippen LogP) is 1.18. The van der Waals surface area contributed by atoms with Crippen molar-refractivity contribution < 1.29 is 14.3 Å². The summed E-state index contributed by atoms with van der Waals surface area (Å²) in [5.74, 6) is 0.713. The normalized spacial score (nSPS) is 9.89. The molecule has 1 aromatic carbocycles. The van der Waals surface area contributed by atoms with E-state index in [4.69, 9.17) is 4.74 Å². The Labute approximate surface area is 113 Å². The Morgan fingerprint density at radius 3 is 2.11 bits per heavy atom. The first-order valence-corrected chi connectivity index (χ1v) is 6.02. The molecule has 1 rings (SSSR count). The van der Waals surface area contributed by atoms with E-state index in [1.165, 1.54) is 11.8 Å². The summed E-state index contributed by atoms with van der Waals surface area (Å²) in [7, 11) is 4.99. The third-order valence-electron chi connectivity index (χ3n) is 2.68. The molecular weight excluding hydrogens is 244 g/mol. The molecule has 0 bridgehead atoms. The van der Waals surface area contributed by atoms with Gasteiger partial charge in [0, 0.05) is 19.8 Å². The summed E-state index contributed by atoms with van der Waals surface area (Å²) in [5, 5.41) is 0. The summed E-state index contributed by atoms with van der Waals surface area (Å²) in [6.45, 7) is 1.90. The second-order valence-electron chi connectivity index (χ2n) is 4.54. The van der Waals surface area contributed by atoms with E-state index < -0.39 is 0 Å². The molecule has 0 atom stereocenters. The molecular formula is C14H20N2O3. The third kappa shape index (κ3) is 4.62. The molecule has 19 heavy (non-hydrogen) atoms. The van der Waals surface area contributed by atoms with Crippen LogP contribution in [0.1, 0.15) is 6.92 Å². The predicted molar refractivity (Wildman–Crippen MR) is 74.6 cm³/mol. The monoisotopic (exact) mass is 264 g/mol. The number of carbonyl (C=O) groups excluding carboxylic acids is 2. The molecule has 0 unspecified atom stereocenters. The Hall–Kier alpha value is -2.04. The van der Waals surface area contributed by atoms with E-state index in [9.17, 15) is 9.59 Å². The zero-order chi connectivity index (χ0) is 14.4. The number of carbonyl (C=O) groups is 2.